The normalized spacial score (nSPS) is 28.8. The fourth-order valence-corrected chi connectivity index (χ4v) is 4.64. The third-order valence-corrected chi connectivity index (χ3v) is 6.81. The number of hydrogen-bond acceptors (Lipinski definition) is 6. The Labute approximate surface area is 194 Å². The van der Waals surface area contributed by atoms with Crippen molar-refractivity contribution >= 4 is 0 Å². The molecule has 0 bridgehead atoms. The summed E-state index contributed by atoms with van der Waals surface area (Å²) in [6.07, 6.45) is -1.68. The van der Waals surface area contributed by atoms with Crippen LogP contribution in [0.15, 0.2) is 42.5 Å². The van der Waals surface area contributed by atoms with Gasteiger partial charge in [0.1, 0.15) is 36.1 Å². The highest BCUT2D eigenvalue weighted by molar-refractivity contribution is 5.41. The Morgan fingerprint density at radius 1 is 0.970 bits per heavy atom. The molecule has 0 spiro atoms. The third-order valence-electron chi connectivity index (χ3n) is 6.81. The zero-order valence-electron chi connectivity index (χ0n) is 18.8. The van der Waals surface area contributed by atoms with Crippen LogP contribution in [-0.4, -0.2) is 62.2 Å². The number of aliphatic hydroxyl groups excluding tert-OH is 4. The summed E-state index contributed by atoms with van der Waals surface area (Å²) < 4.78 is 5.71. The summed E-state index contributed by atoms with van der Waals surface area (Å²) in [5.74, 6) is 6.12. The van der Waals surface area contributed by atoms with Crippen molar-refractivity contribution in [1.82, 2.24) is 0 Å². The Hall–Kier alpha value is -2.24. The molecular weight excluding hydrogens is 420 g/mol. The predicted molar refractivity (Wildman–Crippen MR) is 123 cm³/mol. The molecular formula is C27H32O6. The molecule has 2 fully saturated rings. The molecule has 1 heterocycles. The van der Waals surface area contributed by atoms with E-state index >= 15 is 0 Å². The van der Waals surface area contributed by atoms with Crippen LogP contribution in [-0.2, 0) is 11.2 Å². The van der Waals surface area contributed by atoms with E-state index in [0.717, 1.165) is 47.9 Å². The van der Waals surface area contributed by atoms with Gasteiger partial charge in [-0.1, -0.05) is 42.2 Å². The minimum Gasteiger partial charge on any atom is -0.394 e. The van der Waals surface area contributed by atoms with Gasteiger partial charge >= 0.3 is 0 Å². The van der Waals surface area contributed by atoms with Crippen molar-refractivity contribution in [3.05, 3.63) is 70.3 Å². The van der Waals surface area contributed by atoms with E-state index < -0.39 is 42.7 Å². The van der Waals surface area contributed by atoms with Gasteiger partial charge in [0, 0.05) is 5.56 Å². The molecule has 4 rings (SSSR count). The van der Waals surface area contributed by atoms with Gasteiger partial charge in [-0.15, -0.1) is 0 Å². The van der Waals surface area contributed by atoms with Crippen molar-refractivity contribution in [2.24, 2.45) is 0 Å². The van der Waals surface area contributed by atoms with Crippen LogP contribution in [0.5, 0.6) is 0 Å². The van der Waals surface area contributed by atoms with E-state index in [1.807, 2.05) is 49.4 Å². The monoisotopic (exact) mass is 452 g/mol. The maximum atomic E-state index is 10.5. The van der Waals surface area contributed by atoms with E-state index in [0.29, 0.717) is 12.0 Å². The summed E-state index contributed by atoms with van der Waals surface area (Å²) in [7, 11) is 0. The SMILES string of the molecule is Cc1ccc([C@@H]2O[C@H](CO)[C@@H](O)[C@H](O)[C@H]2O)cc1Cc1ccc(C#CC2(O)CCCC2)cc1. The maximum absolute atomic E-state index is 10.5. The van der Waals surface area contributed by atoms with Gasteiger partial charge in [0.05, 0.1) is 6.61 Å². The topological polar surface area (TPSA) is 110 Å². The van der Waals surface area contributed by atoms with Gasteiger partial charge in [0.15, 0.2) is 0 Å². The first-order valence-corrected chi connectivity index (χ1v) is 11.5. The van der Waals surface area contributed by atoms with Gasteiger partial charge in [-0.3, -0.25) is 0 Å². The lowest BCUT2D eigenvalue weighted by molar-refractivity contribution is -0.231. The zero-order chi connectivity index (χ0) is 23.6. The van der Waals surface area contributed by atoms with Crippen LogP contribution in [0.3, 0.4) is 0 Å². The van der Waals surface area contributed by atoms with Gasteiger partial charge in [0.25, 0.3) is 0 Å². The number of hydrogen-bond donors (Lipinski definition) is 5. The number of rotatable bonds is 4. The summed E-state index contributed by atoms with van der Waals surface area (Å²) in [5, 5.41) is 50.5. The van der Waals surface area contributed by atoms with Crippen molar-refractivity contribution in [3.63, 3.8) is 0 Å². The molecule has 1 saturated heterocycles. The molecule has 5 atom stereocenters. The van der Waals surface area contributed by atoms with Gasteiger partial charge in [-0.25, -0.2) is 0 Å². The van der Waals surface area contributed by atoms with E-state index in [1.165, 1.54) is 0 Å². The summed E-state index contributed by atoms with van der Waals surface area (Å²) in [6, 6.07) is 13.7. The van der Waals surface area contributed by atoms with Crippen LogP contribution < -0.4 is 0 Å². The Morgan fingerprint density at radius 3 is 2.33 bits per heavy atom. The van der Waals surface area contributed by atoms with Gasteiger partial charge in [0.2, 0.25) is 0 Å². The first kappa shape index (κ1) is 23.9. The molecule has 0 aromatic heterocycles. The van der Waals surface area contributed by atoms with Crippen LogP contribution in [0.4, 0.5) is 0 Å². The molecule has 1 aliphatic heterocycles. The van der Waals surface area contributed by atoms with Gasteiger partial charge < -0.3 is 30.3 Å². The van der Waals surface area contributed by atoms with Crippen molar-refractivity contribution in [1.29, 1.82) is 0 Å². The van der Waals surface area contributed by atoms with E-state index in [-0.39, 0.29) is 0 Å². The summed E-state index contributed by atoms with van der Waals surface area (Å²) in [6.45, 7) is 1.56. The summed E-state index contributed by atoms with van der Waals surface area (Å²) in [4.78, 5) is 0. The Kier molecular flexibility index (Phi) is 7.20. The van der Waals surface area contributed by atoms with Crippen molar-refractivity contribution < 1.29 is 30.3 Å². The molecule has 2 aromatic carbocycles. The van der Waals surface area contributed by atoms with Crippen LogP contribution in [0.25, 0.3) is 0 Å². The van der Waals surface area contributed by atoms with Crippen LogP contribution in [0.2, 0.25) is 0 Å². The highest BCUT2D eigenvalue weighted by Gasteiger charge is 2.44. The Balaban J connectivity index is 1.50. The molecule has 6 heteroatoms. The first-order chi connectivity index (χ1) is 15.8. The second-order valence-electron chi connectivity index (χ2n) is 9.30. The average molecular weight is 453 g/mol. The highest BCUT2D eigenvalue weighted by atomic mass is 16.5. The first-order valence-electron chi connectivity index (χ1n) is 11.5. The molecule has 176 valence electrons. The van der Waals surface area contributed by atoms with Crippen molar-refractivity contribution in [3.8, 4) is 11.8 Å². The fourth-order valence-electron chi connectivity index (χ4n) is 4.64. The fraction of sp³-hybridized carbons (Fsp3) is 0.481. The molecule has 33 heavy (non-hydrogen) atoms. The number of aliphatic hydroxyl groups is 5. The summed E-state index contributed by atoms with van der Waals surface area (Å²) >= 11 is 0. The number of aryl methyl sites for hydroxylation is 1. The minimum atomic E-state index is -1.40. The van der Waals surface area contributed by atoms with Crippen LogP contribution in [0.1, 0.15) is 59.6 Å². The van der Waals surface area contributed by atoms with Crippen molar-refractivity contribution in [2.45, 2.75) is 75.1 Å². The Morgan fingerprint density at radius 2 is 1.67 bits per heavy atom. The molecule has 1 aliphatic carbocycles. The van der Waals surface area contributed by atoms with E-state index in [4.69, 9.17) is 4.74 Å². The van der Waals surface area contributed by atoms with Gasteiger partial charge in [-0.2, -0.15) is 0 Å². The summed E-state index contributed by atoms with van der Waals surface area (Å²) in [5.41, 5.74) is 3.92. The lowest BCUT2D eigenvalue weighted by atomic mass is 9.89. The smallest absolute Gasteiger partial charge is 0.125 e. The molecule has 2 aliphatic rings. The maximum Gasteiger partial charge on any atom is 0.125 e. The predicted octanol–water partition coefficient (Wildman–Crippen LogP) is 1.76. The molecule has 0 radical (unpaired) electrons. The number of benzene rings is 2. The lowest BCUT2D eigenvalue weighted by Crippen LogP contribution is -2.55. The highest BCUT2D eigenvalue weighted by Crippen LogP contribution is 2.33. The third kappa shape index (κ3) is 5.30. The van der Waals surface area contributed by atoms with E-state index in [9.17, 15) is 25.5 Å². The molecule has 6 nitrogen and oxygen atoms in total. The number of ether oxygens (including phenoxy) is 1. The van der Waals surface area contributed by atoms with Crippen LogP contribution >= 0.6 is 0 Å². The lowest BCUT2D eigenvalue weighted by Gasteiger charge is -2.40. The molecule has 5 N–H and O–H groups in total. The van der Waals surface area contributed by atoms with E-state index in [2.05, 4.69) is 11.8 Å². The molecule has 1 saturated carbocycles. The second kappa shape index (κ2) is 9.94. The molecule has 0 unspecified atom stereocenters. The molecule has 0 amide bonds. The van der Waals surface area contributed by atoms with Gasteiger partial charge in [-0.05, 0) is 73.4 Å². The molecule has 2 aromatic rings. The largest absolute Gasteiger partial charge is 0.394 e. The minimum absolute atomic E-state index is 0.452. The standard InChI is InChI=1S/C27H32O6/c1-17-4-9-20(26-25(31)24(30)23(29)22(16-28)33-26)15-21(17)14-19-7-5-18(6-8-19)10-13-27(32)11-2-3-12-27/h4-9,15,22-26,28-32H,2-3,11-12,14,16H2,1H3/t22-,23-,24+,25-,26+/m1/s1. The van der Waals surface area contributed by atoms with Crippen molar-refractivity contribution in [2.75, 3.05) is 6.61 Å². The van der Waals surface area contributed by atoms with E-state index in [1.54, 1.807) is 0 Å². The Bertz CT molecular complexity index is 1010. The second-order valence-corrected chi connectivity index (χ2v) is 9.30. The van der Waals surface area contributed by atoms with Crippen LogP contribution in [0, 0.1) is 18.8 Å². The zero-order valence-corrected chi connectivity index (χ0v) is 18.8. The quantitative estimate of drug-likeness (QED) is 0.452. The average Bonchev–Trinajstić information content (AvgIpc) is 3.25.